The topological polar surface area (TPSA) is 26.7 Å². The molecule has 0 bridgehead atoms. The smallest absolute Gasteiger partial charge is 0.0942 e. The number of likely N-dealkylation sites (N-methyl/N-ethyl adjacent to an activating group) is 1. The second-order valence-electron chi connectivity index (χ2n) is 6.29. The molecule has 0 heterocycles. The van der Waals surface area contributed by atoms with Crippen LogP contribution in [0.15, 0.2) is 30.3 Å². The van der Waals surface area contributed by atoms with Crippen LogP contribution in [0, 0.1) is 5.92 Å². The number of aliphatic hydroxyl groups is 1. The molecule has 2 unspecified atom stereocenters. The van der Waals surface area contributed by atoms with Gasteiger partial charge in [0.2, 0.25) is 0 Å². The SMILES string of the molecule is CC(C)CN(CCN(C)C)C(C)C(O)c1ccccc1. The van der Waals surface area contributed by atoms with E-state index in [9.17, 15) is 5.11 Å². The Kier molecular flexibility index (Phi) is 7.20. The monoisotopic (exact) mass is 278 g/mol. The van der Waals surface area contributed by atoms with Crippen molar-refractivity contribution in [1.29, 1.82) is 0 Å². The van der Waals surface area contributed by atoms with Gasteiger partial charge in [0, 0.05) is 25.7 Å². The zero-order valence-electron chi connectivity index (χ0n) is 13.6. The first-order chi connectivity index (χ1) is 9.41. The van der Waals surface area contributed by atoms with Crippen LogP contribution in [0.4, 0.5) is 0 Å². The molecule has 0 fully saturated rings. The number of hydrogen-bond donors (Lipinski definition) is 1. The molecule has 2 atom stereocenters. The molecule has 1 N–H and O–H groups in total. The highest BCUT2D eigenvalue weighted by Gasteiger charge is 2.23. The predicted molar refractivity (Wildman–Crippen MR) is 85.8 cm³/mol. The van der Waals surface area contributed by atoms with Gasteiger partial charge in [-0.2, -0.15) is 0 Å². The van der Waals surface area contributed by atoms with E-state index in [2.05, 4.69) is 44.7 Å². The van der Waals surface area contributed by atoms with Crippen LogP contribution in [0.25, 0.3) is 0 Å². The maximum absolute atomic E-state index is 10.6. The van der Waals surface area contributed by atoms with Crippen LogP contribution in [0.1, 0.15) is 32.4 Å². The van der Waals surface area contributed by atoms with E-state index in [-0.39, 0.29) is 6.04 Å². The molecule has 0 aliphatic rings. The van der Waals surface area contributed by atoms with Crippen LogP contribution in [0.3, 0.4) is 0 Å². The summed E-state index contributed by atoms with van der Waals surface area (Å²) in [6.45, 7) is 9.58. The minimum atomic E-state index is -0.433. The summed E-state index contributed by atoms with van der Waals surface area (Å²) in [5.41, 5.74) is 0.999. The molecule has 1 rings (SSSR count). The molecule has 0 aromatic heterocycles. The quantitative estimate of drug-likeness (QED) is 0.792. The molecule has 20 heavy (non-hydrogen) atoms. The van der Waals surface area contributed by atoms with E-state index < -0.39 is 6.10 Å². The maximum atomic E-state index is 10.6. The average molecular weight is 278 g/mol. The van der Waals surface area contributed by atoms with E-state index in [1.54, 1.807) is 0 Å². The Morgan fingerprint density at radius 2 is 1.60 bits per heavy atom. The normalized spacial score (nSPS) is 15.1. The van der Waals surface area contributed by atoms with Crippen molar-refractivity contribution in [2.75, 3.05) is 33.7 Å². The molecule has 3 heteroatoms. The fraction of sp³-hybridized carbons (Fsp3) is 0.647. The Morgan fingerprint density at radius 3 is 2.10 bits per heavy atom. The summed E-state index contributed by atoms with van der Waals surface area (Å²) >= 11 is 0. The van der Waals surface area contributed by atoms with E-state index in [4.69, 9.17) is 0 Å². The van der Waals surface area contributed by atoms with E-state index >= 15 is 0 Å². The Balaban J connectivity index is 2.72. The van der Waals surface area contributed by atoms with Crippen LogP contribution >= 0.6 is 0 Å². The number of nitrogens with zero attached hydrogens (tertiary/aromatic N) is 2. The van der Waals surface area contributed by atoms with Gasteiger partial charge in [0.1, 0.15) is 0 Å². The highest BCUT2D eigenvalue weighted by Crippen LogP contribution is 2.21. The first kappa shape index (κ1) is 17.2. The van der Waals surface area contributed by atoms with Crippen molar-refractivity contribution in [2.24, 2.45) is 5.92 Å². The van der Waals surface area contributed by atoms with Crippen LogP contribution < -0.4 is 0 Å². The molecular formula is C17H30N2O. The van der Waals surface area contributed by atoms with Crippen molar-refractivity contribution < 1.29 is 5.11 Å². The fourth-order valence-corrected chi connectivity index (χ4v) is 2.39. The molecule has 0 radical (unpaired) electrons. The molecule has 0 aliphatic heterocycles. The molecule has 3 nitrogen and oxygen atoms in total. The Labute approximate surface area is 124 Å². The molecule has 0 spiro atoms. The second kappa shape index (κ2) is 8.40. The fourth-order valence-electron chi connectivity index (χ4n) is 2.39. The summed E-state index contributed by atoms with van der Waals surface area (Å²) in [4.78, 5) is 4.58. The Morgan fingerprint density at radius 1 is 1.00 bits per heavy atom. The Bertz CT molecular complexity index is 365. The minimum Gasteiger partial charge on any atom is -0.387 e. The van der Waals surface area contributed by atoms with E-state index in [1.807, 2.05) is 30.3 Å². The van der Waals surface area contributed by atoms with E-state index in [0.717, 1.165) is 25.2 Å². The standard InChI is InChI=1S/C17H30N2O/c1-14(2)13-19(12-11-18(4)5)15(3)17(20)16-9-7-6-8-10-16/h6-10,14-15,17,20H,11-13H2,1-5H3. The van der Waals surface area contributed by atoms with Crippen LogP contribution in [-0.2, 0) is 0 Å². The maximum Gasteiger partial charge on any atom is 0.0942 e. The van der Waals surface area contributed by atoms with Crippen LogP contribution in [0.5, 0.6) is 0 Å². The summed E-state index contributed by atoms with van der Waals surface area (Å²) in [5.74, 6) is 0.600. The van der Waals surface area contributed by atoms with Crippen molar-refractivity contribution in [2.45, 2.75) is 32.9 Å². The summed E-state index contributed by atoms with van der Waals surface area (Å²) in [6.07, 6.45) is -0.433. The van der Waals surface area contributed by atoms with Crippen molar-refractivity contribution >= 4 is 0 Å². The van der Waals surface area contributed by atoms with Gasteiger partial charge in [0.25, 0.3) is 0 Å². The summed E-state index contributed by atoms with van der Waals surface area (Å²) in [7, 11) is 4.18. The molecule has 0 saturated heterocycles. The Hall–Kier alpha value is -0.900. The van der Waals surface area contributed by atoms with Gasteiger partial charge in [0.05, 0.1) is 6.10 Å². The third-order valence-electron chi connectivity index (χ3n) is 3.61. The van der Waals surface area contributed by atoms with Crippen LogP contribution in [0.2, 0.25) is 0 Å². The largest absolute Gasteiger partial charge is 0.387 e. The molecule has 0 saturated carbocycles. The predicted octanol–water partition coefficient (Wildman–Crippen LogP) is 2.63. The van der Waals surface area contributed by atoms with Crippen molar-refractivity contribution in [3.8, 4) is 0 Å². The lowest BCUT2D eigenvalue weighted by molar-refractivity contribution is 0.0477. The van der Waals surface area contributed by atoms with E-state index in [0.29, 0.717) is 5.92 Å². The lowest BCUT2D eigenvalue weighted by Gasteiger charge is -2.34. The first-order valence-electron chi connectivity index (χ1n) is 7.53. The van der Waals surface area contributed by atoms with Gasteiger partial charge in [0.15, 0.2) is 0 Å². The summed E-state index contributed by atoms with van der Waals surface area (Å²) in [5, 5.41) is 10.6. The zero-order chi connectivity index (χ0) is 15.1. The lowest BCUT2D eigenvalue weighted by Crippen LogP contribution is -2.43. The van der Waals surface area contributed by atoms with Gasteiger partial charge in [-0.05, 0) is 32.5 Å². The van der Waals surface area contributed by atoms with Gasteiger partial charge in [-0.15, -0.1) is 0 Å². The van der Waals surface area contributed by atoms with Gasteiger partial charge in [-0.1, -0.05) is 44.2 Å². The number of aliphatic hydroxyl groups excluding tert-OH is 1. The van der Waals surface area contributed by atoms with Gasteiger partial charge in [-0.3, -0.25) is 4.90 Å². The average Bonchev–Trinajstić information content (AvgIpc) is 2.42. The third kappa shape index (κ3) is 5.61. The summed E-state index contributed by atoms with van der Waals surface area (Å²) in [6, 6.07) is 10.1. The first-order valence-corrected chi connectivity index (χ1v) is 7.53. The summed E-state index contributed by atoms with van der Waals surface area (Å²) < 4.78 is 0. The number of rotatable bonds is 8. The highest BCUT2D eigenvalue weighted by atomic mass is 16.3. The van der Waals surface area contributed by atoms with Crippen molar-refractivity contribution in [3.63, 3.8) is 0 Å². The molecule has 1 aromatic carbocycles. The van der Waals surface area contributed by atoms with Gasteiger partial charge in [-0.25, -0.2) is 0 Å². The number of benzene rings is 1. The van der Waals surface area contributed by atoms with Crippen molar-refractivity contribution in [1.82, 2.24) is 9.80 Å². The van der Waals surface area contributed by atoms with E-state index in [1.165, 1.54) is 0 Å². The number of hydrogen-bond acceptors (Lipinski definition) is 3. The zero-order valence-corrected chi connectivity index (χ0v) is 13.6. The van der Waals surface area contributed by atoms with Crippen molar-refractivity contribution in [3.05, 3.63) is 35.9 Å². The third-order valence-corrected chi connectivity index (χ3v) is 3.61. The molecule has 0 aliphatic carbocycles. The van der Waals surface area contributed by atoms with Gasteiger partial charge >= 0.3 is 0 Å². The van der Waals surface area contributed by atoms with Crippen LogP contribution in [-0.4, -0.2) is 54.7 Å². The second-order valence-corrected chi connectivity index (χ2v) is 6.29. The molecule has 1 aromatic rings. The lowest BCUT2D eigenvalue weighted by atomic mass is 10.0. The molecular weight excluding hydrogens is 248 g/mol. The molecule has 114 valence electrons. The molecule has 0 amide bonds. The van der Waals surface area contributed by atoms with Gasteiger partial charge < -0.3 is 10.0 Å². The minimum absolute atomic E-state index is 0.125. The highest BCUT2D eigenvalue weighted by molar-refractivity contribution is 5.18.